The number of hydrogen-bond acceptors (Lipinski definition) is 6. The van der Waals surface area contributed by atoms with Crippen LogP contribution in [0.3, 0.4) is 0 Å². The average molecular weight is 440 g/mol. The molecule has 8 nitrogen and oxygen atoms in total. The van der Waals surface area contributed by atoms with Gasteiger partial charge in [-0.3, -0.25) is 24.1 Å². The first-order chi connectivity index (χ1) is 14.8. The van der Waals surface area contributed by atoms with E-state index in [1.165, 1.54) is 13.8 Å². The molecule has 0 spiro atoms. The maximum Gasteiger partial charge on any atom is 0.302 e. The van der Waals surface area contributed by atoms with Gasteiger partial charge in [0, 0.05) is 45.4 Å². The summed E-state index contributed by atoms with van der Waals surface area (Å²) < 4.78 is 5.12. The molecule has 1 N–H and O–H groups in total. The largest absolute Gasteiger partial charge is 0.464 e. The number of esters is 1. The average Bonchev–Trinajstić information content (AvgIpc) is 3.23. The quantitative estimate of drug-likeness (QED) is 0.552. The van der Waals surface area contributed by atoms with Crippen LogP contribution in [0.1, 0.15) is 66.7 Å². The molecule has 2 amide bonds. The van der Waals surface area contributed by atoms with Gasteiger partial charge in [0.25, 0.3) is 0 Å². The summed E-state index contributed by atoms with van der Waals surface area (Å²) in [5, 5.41) is 2.91. The van der Waals surface area contributed by atoms with Crippen molar-refractivity contribution >= 4 is 23.6 Å². The predicted molar refractivity (Wildman–Crippen MR) is 119 cm³/mol. The van der Waals surface area contributed by atoms with E-state index in [2.05, 4.69) is 12.2 Å². The monoisotopic (exact) mass is 439 g/mol. The Morgan fingerprint density at radius 1 is 1.06 bits per heavy atom. The number of ether oxygens (including phenoxy) is 1. The van der Waals surface area contributed by atoms with E-state index >= 15 is 0 Å². The molecule has 31 heavy (non-hydrogen) atoms. The van der Waals surface area contributed by atoms with Crippen molar-refractivity contribution in [2.75, 3.05) is 39.3 Å². The third-order valence-corrected chi connectivity index (χ3v) is 5.99. The van der Waals surface area contributed by atoms with Gasteiger partial charge in [-0.15, -0.1) is 0 Å². The minimum Gasteiger partial charge on any atom is -0.464 e. The van der Waals surface area contributed by atoms with E-state index in [0.29, 0.717) is 32.1 Å². The molecule has 0 aromatic carbocycles. The van der Waals surface area contributed by atoms with Crippen LogP contribution < -0.4 is 5.32 Å². The molecule has 1 aliphatic carbocycles. The standard InChI is InChI=1S/C21H35N3O5.C2H6/c1-4-17-5-6-18(11-17)21(28)22-8-7-20(27)24-10-9-23(12-15(2)25)19(13-24)14-29-16(3)26;1-2/h17-19H,4-14H2,1-3H3,(H,22,28);1-2H3. The Balaban J connectivity index is 0.00000233. The van der Waals surface area contributed by atoms with Gasteiger partial charge in [0.05, 0.1) is 12.6 Å². The molecule has 2 fully saturated rings. The van der Waals surface area contributed by atoms with Crippen molar-refractivity contribution in [3.8, 4) is 0 Å². The van der Waals surface area contributed by atoms with Crippen molar-refractivity contribution < 1.29 is 23.9 Å². The zero-order valence-corrected chi connectivity index (χ0v) is 19.9. The fraction of sp³-hybridized carbons (Fsp3) is 0.826. The SMILES string of the molecule is CC.CCC1CCC(C(=O)NCCC(=O)N2CCN(CC(C)=O)C(COC(C)=O)C2)C1. The summed E-state index contributed by atoms with van der Waals surface area (Å²) in [6.07, 6.45) is 4.37. The number of Topliss-reactive ketones (excluding diaryl/α,β-unsaturated/α-hetero) is 1. The summed E-state index contributed by atoms with van der Waals surface area (Å²) >= 11 is 0. The smallest absolute Gasteiger partial charge is 0.302 e. The molecule has 0 aromatic rings. The fourth-order valence-electron chi connectivity index (χ4n) is 4.26. The molecule has 2 aliphatic rings. The van der Waals surface area contributed by atoms with Gasteiger partial charge in [-0.05, 0) is 32.1 Å². The van der Waals surface area contributed by atoms with Gasteiger partial charge in [-0.25, -0.2) is 0 Å². The van der Waals surface area contributed by atoms with Crippen molar-refractivity contribution in [2.45, 2.75) is 72.8 Å². The van der Waals surface area contributed by atoms with E-state index in [4.69, 9.17) is 4.74 Å². The van der Waals surface area contributed by atoms with E-state index in [-0.39, 0.29) is 55.1 Å². The molecule has 8 heteroatoms. The maximum atomic E-state index is 12.6. The van der Waals surface area contributed by atoms with Crippen molar-refractivity contribution in [1.82, 2.24) is 15.1 Å². The minimum absolute atomic E-state index is 0.0292. The lowest BCUT2D eigenvalue weighted by Gasteiger charge is -2.40. The number of piperazine rings is 1. The summed E-state index contributed by atoms with van der Waals surface area (Å²) in [6, 6.07) is -0.195. The van der Waals surface area contributed by atoms with Crippen LogP contribution in [-0.2, 0) is 23.9 Å². The second-order valence-corrected chi connectivity index (χ2v) is 8.29. The van der Waals surface area contributed by atoms with E-state index in [9.17, 15) is 19.2 Å². The van der Waals surface area contributed by atoms with Crippen LogP contribution in [0.25, 0.3) is 0 Å². The third-order valence-electron chi connectivity index (χ3n) is 5.99. The van der Waals surface area contributed by atoms with Crippen LogP contribution in [-0.4, -0.2) is 78.7 Å². The van der Waals surface area contributed by atoms with Crippen LogP contribution >= 0.6 is 0 Å². The molecular weight excluding hydrogens is 398 g/mol. The molecule has 3 unspecified atom stereocenters. The van der Waals surface area contributed by atoms with Crippen LogP contribution in [0.2, 0.25) is 0 Å². The van der Waals surface area contributed by atoms with E-state index in [1.54, 1.807) is 4.90 Å². The molecule has 3 atom stereocenters. The predicted octanol–water partition coefficient (Wildman–Crippen LogP) is 2.01. The molecule has 1 saturated carbocycles. The fourth-order valence-corrected chi connectivity index (χ4v) is 4.26. The van der Waals surface area contributed by atoms with Gasteiger partial charge in [-0.1, -0.05) is 27.2 Å². The second-order valence-electron chi connectivity index (χ2n) is 8.29. The molecule has 1 heterocycles. The van der Waals surface area contributed by atoms with Gasteiger partial charge in [0.1, 0.15) is 12.4 Å². The lowest BCUT2D eigenvalue weighted by atomic mass is 10.0. The van der Waals surface area contributed by atoms with Crippen LogP contribution in [0, 0.1) is 11.8 Å². The molecular formula is C23H41N3O5. The summed E-state index contributed by atoms with van der Waals surface area (Å²) in [6.45, 7) is 11.3. The molecule has 0 bridgehead atoms. The van der Waals surface area contributed by atoms with E-state index in [0.717, 1.165) is 25.7 Å². The Morgan fingerprint density at radius 3 is 2.35 bits per heavy atom. The Kier molecular flexibility index (Phi) is 12.4. The molecule has 0 radical (unpaired) electrons. The number of nitrogens with zero attached hydrogens (tertiary/aromatic N) is 2. The summed E-state index contributed by atoms with van der Waals surface area (Å²) in [5.41, 5.74) is 0. The Hall–Kier alpha value is -1.96. The Labute approximate surface area is 187 Å². The van der Waals surface area contributed by atoms with Gasteiger partial charge >= 0.3 is 5.97 Å². The number of ketones is 1. The topological polar surface area (TPSA) is 96.0 Å². The summed E-state index contributed by atoms with van der Waals surface area (Å²) in [7, 11) is 0. The van der Waals surface area contributed by atoms with E-state index < -0.39 is 0 Å². The van der Waals surface area contributed by atoms with Crippen LogP contribution in [0.4, 0.5) is 0 Å². The first kappa shape index (κ1) is 27.1. The van der Waals surface area contributed by atoms with Crippen molar-refractivity contribution in [1.29, 1.82) is 0 Å². The highest BCUT2D eigenvalue weighted by molar-refractivity contribution is 5.81. The second kappa shape index (κ2) is 14.2. The lowest BCUT2D eigenvalue weighted by molar-refractivity contribution is -0.144. The highest BCUT2D eigenvalue weighted by Gasteiger charge is 2.31. The first-order valence-electron chi connectivity index (χ1n) is 11.7. The van der Waals surface area contributed by atoms with Crippen LogP contribution in [0.15, 0.2) is 0 Å². The first-order valence-corrected chi connectivity index (χ1v) is 11.7. The lowest BCUT2D eigenvalue weighted by Crippen LogP contribution is -2.57. The van der Waals surface area contributed by atoms with Gasteiger partial charge < -0.3 is 15.0 Å². The summed E-state index contributed by atoms with van der Waals surface area (Å²) in [5.74, 6) is 0.422. The number of nitrogens with one attached hydrogen (secondary N) is 1. The number of carbonyl (C=O) groups is 4. The Morgan fingerprint density at radius 2 is 1.77 bits per heavy atom. The number of amides is 2. The van der Waals surface area contributed by atoms with Crippen LogP contribution in [0.5, 0.6) is 0 Å². The molecule has 1 aliphatic heterocycles. The van der Waals surface area contributed by atoms with Gasteiger partial charge in [-0.2, -0.15) is 0 Å². The van der Waals surface area contributed by atoms with Gasteiger partial charge in [0.2, 0.25) is 11.8 Å². The highest BCUT2D eigenvalue weighted by atomic mass is 16.5. The van der Waals surface area contributed by atoms with Crippen molar-refractivity contribution in [3.05, 3.63) is 0 Å². The Bertz CT molecular complexity index is 610. The zero-order valence-electron chi connectivity index (χ0n) is 19.9. The molecule has 178 valence electrons. The third kappa shape index (κ3) is 9.37. The summed E-state index contributed by atoms with van der Waals surface area (Å²) in [4.78, 5) is 51.2. The van der Waals surface area contributed by atoms with Crippen molar-refractivity contribution in [2.24, 2.45) is 11.8 Å². The van der Waals surface area contributed by atoms with E-state index in [1.807, 2.05) is 18.7 Å². The number of rotatable bonds is 9. The molecule has 1 saturated heterocycles. The van der Waals surface area contributed by atoms with Gasteiger partial charge in [0.15, 0.2) is 0 Å². The molecule has 0 aromatic heterocycles. The number of hydrogen-bond donors (Lipinski definition) is 1. The van der Waals surface area contributed by atoms with Crippen molar-refractivity contribution in [3.63, 3.8) is 0 Å². The molecule has 2 rings (SSSR count). The maximum absolute atomic E-state index is 12.6. The number of carbonyl (C=O) groups excluding carboxylic acids is 4. The normalized spacial score (nSPS) is 23.5. The highest BCUT2D eigenvalue weighted by Crippen LogP contribution is 2.32. The zero-order chi connectivity index (χ0) is 23.4. The minimum atomic E-state index is -0.379.